The van der Waals surface area contributed by atoms with Crippen LogP contribution in [0, 0.1) is 12.7 Å². The smallest absolute Gasteiger partial charge is 0.415 e. The number of aliphatic hydroxyl groups is 1. The van der Waals surface area contributed by atoms with Gasteiger partial charge in [-0.05, 0) is 45.7 Å². The molecular weight excluding hydrogens is 579 g/mol. The minimum atomic E-state index is -3.82. The van der Waals surface area contributed by atoms with Crippen LogP contribution in [0.3, 0.4) is 0 Å². The molecule has 1 aromatic heterocycles. The van der Waals surface area contributed by atoms with Gasteiger partial charge in [0.1, 0.15) is 23.1 Å². The number of nitrogens with one attached hydrogen (secondary N) is 1. The number of rotatable bonds is 8. The Balaban J connectivity index is 1.25. The standard InChI is InChI=1S/C31H36F3N5O5/c1-18-36-23-13-24(42-4)25(44-28(40)39-11-10-38(20-15-43-16-20)17-30(39)8-9-30)12-21(23)27(37-18)35-14-19-6-5-7-22(26(19)32)31(33,34)29(2,3)41/h5-7,12-13,20,41H,8-11,14-17H2,1-4H3,(H,35,36,37). The van der Waals surface area contributed by atoms with Gasteiger partial charge in [0.05, 0.1) is 43.0 Å². The van der Waals surface area contributed by atoms with E-state index in [1.165, 1.54) is 19.2 Å². The van der Waals surface area contributed by atoms with Crippen molar-refractivity contribution in [3.8, 4) is 11.5 Å². The van der Waals surface area contributed by atoms with Crippen LogP contribution in [0.5, 0.6) is 11.5 Å². The maximum atomic E-state index is 15.3. The molecule has 2 saturated heterocycles. The number of benzene rings is 2. The fourth-order valence-corrected chi connectivity index (χ4v) is 5.85. The molecule has 1 saturated carbocycles. The molecule has 236 valence electrons. The third-order valence-electron chi connectivity index (χ3n) is 8.79. The third kappa shape index (κ3) is 5.41. The number of ether oxygens (including phenoxy) is 3. The molecule has 3 fully saturated rings. The average molecular weight is 616 g/mol. The van der Waals surface area contributed by atoms with Crippen molar-refractivity contribution in [1.82, 2.24) is 19.8 Å². The summed E-state index contributed by atoms with van der Waals surface area (Å²) < 4.78 is 61.7. The number of alkyl halides is 2. The molecule has 0 bridgehead atoms. The summed E-state index contributed by atoms with van der Waals surface area (Å²) in [4.78, 5) is 26.6. The molecule has 3 heterocycles. The molecule has 2 aromatic carbocycles. The summed E-state index contributed by atoms with van der Waals surface area (Å²) in [6.07, 6.45) is 1.34. The number of halogens is 3. The predicted octanol–water partition coefficient (Wildman–Crippen LogP) is 4.61. The van der Waals surface area contributed by atoms with Crippen molar-refractivity contribution in [3.05, 3.63) is 53.1 Å². The van der Waals surface area contributed by atoms with Gasteiger partial charge in [0.2, 0.25) is 0 Å². The molecule has 1 aliphatic carbocycles. The Bertz CT molecular complexity index is 1590. The number of piperazine rings is 1. The minimum Gasteiger partial charge on any atom is -0.493 e. The van der Waals surface area contributed by atoms with E-state index in [9.17, 15) is 18.7 Å². The molecule has 44 heavy (non-hydrogen) atoms. The zero-order valence-electron chi connectivity index (χ0n) is 25.1. The van der Waals surface area contributed by atoms with Gasteiger partial charge in [0.15, 0.2) is 11.5 Å². The van der Waals surface area contributed by atoms with E-state index in [2.05, 4.69) is 20.2 Å². The fraction of sp³-hybridized carbons (Fsp3) is 0.516. The Morgan fingerprint density at radius 3 is 2.57 bits per heavy atom. The molecule has 0 radical (unpaired) electrons. The summed E-state index contributed by atoms with van der Waals surface area (Å²) in [6.45, 7) is 6.86. The van der Waals surface area contributed by atoms with Crippen molar-refractivity contribution in [3.63, 3.8) is 0 Å². The highest BCUT2D eigenvalue weighted by atomic mass is 19.3. The molecule has 3 aliphatic rings. The number of nitrogens with zero attached hydrogens (tertiary/aromatic N) is 4. The van der Waals surface area contributed by atoms with Crippen molar-refractivity contribution in [1.29, 1.82) is 0 Å². The van der Waals surface area contributed by atoms with Gasteiger partial charge < -0.3 is 24.6 Å². The van der Waals surface area contributed by atoms with Gasteiger partial charge in [-0.25, -0.2) is 19.2 Å². The van der Waals surface area contributed by atoms with Crippen LogP contribution < -0.4 is 14.8 Å². The van der Waals surface area contributed by atoms with E-state index >= 15 is 4.39 Å². The highest BCUT2D eigenvalue weighted by molar-refractivity contribution is 5.92. The molecule has 0 unspecified atom stereocenters. The molecule has 3 aromatic rings. The second-order valence-electron chi connectivity index (χ2n) is 12.3. The van der Waals surface area contributed by atoms with Gasteiger partial charge in [-0.3, -0.25) is 9.80 Å². The lowest BCUT2D eigenvalue weighted by Crippen LogP contribution is -2.62. The topological polar surface area (TPSA) is 109 Å². The van der Waals surface area contributed by atoms with Crippen LogP contribution >= 0.6 is 0 Å². The average Bonchev–Trinajstić information content (AvgIpc) is 3.69. The number of methoxy groups -OCH3 is 1. The Morgan fingerprint density at radius 2 is 1.93 bits per heavy atom. The first kappa shape index (κ1) is 30.4. The van der Waals surface area contributed by atoms with Gasteiger partial charge in [-0.15, -0.1) is 0 Å². The van der Waals surface area contributed by atoms with Crippen LogP contribution in [0.15, 0.2) is 30.3 Å². The van der Waals surface area contributed by atoms with Crippen LogP contribution in [0.2, 0.25) is 0 Å². The molecule has 2 aliphatic heterocycles. The first-order valence-electron chi connectivity index (χ1n) is 14.6. The number of anilines is 1. The summed E-state index contributed by atoms with van der Waals surface area (Å²) in [7, 11) is 1.47. The van der Waals surface area contributed by atoms with Crippen LogP contribution in [0.4, 0.5) is 23.8 Å². The number of aromatic nitrogens is 2. The van der Waals surface area contributed by atoms with Gasteiger partial charge in [-0.1, -0.05) is 12.1 Å². The Hall–Kier alpha value is -3.68. The monoisotopic (exact) mass is 615 g/mol. The van der Waals surface area contributed by atoms with Crippen molar-refractivity contribution < 1.29 is 37.3 Å². The summed E-state index contributed by atoms with van der Waals surface area (Å²) in [5.41, 5.74) is -3.18. The zero-order valence-corrected chi connectivity index (χ0v) is 25.1. The number of aryl methyl sites for hydroxylation is 1. The van der Waals surface area contributed by atoms with Gasteiger partial charge >= 0.3 is 12.0 Å². The highest BCUT2D eigenvalue weighted by Crippen LogP contribution is 2.46. The zero-order chi connectivity index (χ0) is 31.4. The quantitative estimate of drug-likeness (QED) is 0.376. The number of fused-ring (bicyclic) bond motifs is 1. The lowest BCUT2D eigenvalue weighted by Gasteiger charge is -2.46. The van der Waals surface area contributed by atoms with E-state index in [4.69, 9.17) is 14.2 Å². The second kappa shape index (κ2) is 11.0. The largest absolute Gasteiger partial charge is 0.493 e. The summed E-state index contributed by atoms with van der Waals surface area (Å²) >= 11 is 0. The number of hydrogen-bond acceptors (Lipinski definition) is 9. The maximum Gasteiger partial charge on any atom is 0.415 e. The van der Waals surface area contributed by atoms with E-state index < -0.39 is 29.0 Å². The third-order valence-corrected chi connectivity index (χ3v) is 8.79. The van der Waals surface area contributed by atoms with E-state index in [0.717, 1.165) is 59.1 Å². The van der Waals surface area contributed by atoms with E-state index in [0.29, 0.717) is 40.9 Å². The van der Waals surface area contributed by atoms with Crippen LogP contribution in [-0.2, 0) is 17.2 Å². The molecule has 13 heteroatoms. The maximum absolute atomic E-state index is 15.3. The van der Waals surface area contributed by atoms with Crippen molar-refractivity contribution >= 4 is 22.8 Å². The normalized spacial score (nSPS) is 18.8. The van der Waals surface area contributed by atoms with E-state index in [-0.39, 0.29) is 23.4 Å². The van der Waals surface area contributed by atoms with Crippen molar-refractivity contribution in [2.24, 2.45) is 0 Å². The highest BCUT2D eigenvalue weighted by Gasteiger charge is 2.55. The number of carbonyl (C=O) groups is 1. The first-order valence-corrected chi connectivity index (χ1v) is 14.6. The lowest BCUT2D eigenvalue weighted by atomic mass is 9.92. The molecule has 0 atom stereocenters. The summed E-state index contributed by atoms with van der Waals surface area (Å²) in [5, 5.41) is 13.5. The minimum absolute atomic E-state index is 0.0432. The van der Waals surface area contributed by atoms with Crippen molar-refractivity contribution in [2.45, 2.75) is 63.3 Å². The fourth-order valence-electron chi connectivity index (χ4n) is 5.85. The van der Waals surface area contributed by atoms with Gasteiger partial charge in [0, 0.05) is 43.2 Å². The predicted molar refractivity (Wildman–Crippen MR) is 156 cm³/mol. The van der Waals surface area contributed by atoms with Crippen LogP contribution in [0.25, 0.3) is 10.9 Å². The molecular formula is C31H36F3N5O5. The molecule has 2 N–H and O–H groups in total. The number of hydrogen-bond donors (Lipinski definition) is 2. The molecule has 1 amide bonds. The Labute approximate surface area is 253 Å². The molecule has 1 spiro atoms. The SMILES string of the molecule is COc1cc2nc(C)nc(NCc3cccc(C(F)(F)C(C)(C)O)c3F)c2cc1OC(=O)N1CCN(C2COC2)CC12CC2. The number of carbonyl (C=O) groups excluding carboxylic acids is 1. The molecule has 10 nitrogen and oxygen atoms in total. The van der Waals surface area contributed by atoms with Gasteiger partial charge in [-0.2, -0.15) is 8.78 Å². The number of amides is 1. The summed E-state index contributed by atoms with van der Waals surface area (Å²) in [5.74, 6) is -3.78. The Kier molecular flexibility index (Phi) is 7.61. The first-order chi connectivity index (χ1) is 20.8. The van der Waals surface area contributed by atoms with Gasteiger partial charge in [0.25, 0.3) is 0 Å². The summed E-state index contributed by atoms with van der Waals surface area (Å²) in [6, 6.07) is 7.27. The Morgan fingerprint density at radius 1 is 1.18 bits per heavy atom. The second-order valence-corrected chi connectivity index (χ2v) is 12.3. The van der Waals surface area contributed by atoms with E-state index in [1.54, 1.807) is 24.0 Å². The van der Waals surface area contributed by atoms with Crippen LogP contribution in [0.1, 0.15) is 43.6 Å². The lowest BCUT2D eigenvalue weighted by molar-refractivity contribution is -0.170. The molecule has 6 rings (SSSR count). The van der Waals surface area contributed by atoms with Crippen molar-refractivity contribution in [2.75, 3.05) is 45.3 Å². The van der Waals surface area contributed by atoms with Crippen LogP contribution in [-0.4, -0.2) is 88.1 Å². The van der Waals surface area contributed by atoms with E-state index in [1.807, 2.05) is 0 Å².